The predicted octanol–water partition coefficient (Wildman–Crippen LogP) is 2.11. The van der Waals surface area contributed by atoms with Gasteiger partial charge in [0, 0.05) is 38.2 Å². The highest BCUT2D eigenvalue weighted by Crippen LogP contribution is 2.25. The highest BCUT2D eigenvalue weighted by Gasteiger charge is 2.27. The van der Waals surface area contributed by atoms with Gasteiger partial charge in [0.05, 0.1) is 13.2 Å². The van der Waals surface area contributed by atoms with Crippen molar-refractivity contribution in [1.82, 2.24) is 15.5 Å². The zero-order valence-electron chi connectivity index (χ0n) is 16.0. The van der Waals surface area contributed by atoms with Crippen LogP contribution in [0.25, 0.3) is 11.4 Å². The predicted molar refractivity (Wildman–Crippen MR) is 101 cm³/mol. The molecule has 8 nitrogen and oxygen atoms in total. The van der Waals surface area contributed by atoms with Gasteiger partial charge >= 0.3 is 6.01 Å². The molecular formula is C19H26N4O4. The summed E-state index contributed by atoms with van der Waals surface area (Å²) in [5.74, 6) is 1.42. The van der Waals surface area contributed by atoms with Crippen LogP contribution in [0.3, 0.4) is 0 Å². The lowest BCUT2D eigenvalue weighted by Gasteiger charge is -2.29. The molecule has 1 N–H and O–H groups in total. The average molecular weight is 374 g/mol. The number of methoxy groups -OCH3 is 2. The quantitative estimate of drug-likeness (QED) is 0.794. The van der Waals surface area contributed by atoms with Gasteiger partial charge in [0.1, 0.15) is 5.75 Å². The van der Waals surface area contributed by atoms with E-state index in [2.05, 4.69) is 15.5 Å². The van der Waals surface area contributed by atoms with Crippen molar-refractivity contribution in [2.45, 2.75) is 25.9 Å². The number of benzene rings is 1. The average Bonchev–Trinajstić information content (AvgIpc) is 3.22. The van der Waals surface area contributed by atoms with Crippen molar-refractivity contribution in [3.05, 3.63) is 24.3 Å². The molecule has 0 unspecified atom stereocenters. The van der Waals surface area contributed by atoms with Crippen LogP contribution < -0.4 is 15.0 Å². The van der Waals surface area contributed by atoms with E-state index in [1.807, 2.05) is 36.1 Å². The van der Waals surface area contributed by atoms with Gasteiger partial charge in [-0.15, -0.1) is 0 Å². The van der Waals surface area contributed by atoms with Gasteiger partial charge in [-0.1, -0.05) is 5.16 Å². The van der Waals surface area contributed by atoms with Crippen LogP contribution >= 0.6 is 0 Å². The second kappa shape index (κ2) is 8.85. The van der Waals surface area contributed by atoms with Crippen molar-refractivity contribution < 1.29 is 18.8 Å². The molecule has 1 fully saturated rings. The second-order valence-electron chi connectivity index (χ2n) is 6.68. The van der Waals surface area contributed by atoms with Crippen molar-refractivity contribution in [1.29, 1.82) is 0 Å². The number of amides is 1. The number of rotatable bonds is 7. The fourth-order valence-corrected chi connectivity index (χ4v) is 3.01. The monoisotopic (exact) mass is 374 g/mol. The number of anilines is 1. The van der Waals surface area contributed by atoms with Gasteiger partial charge in [-0.2, -0.15) is 4.98 Å². The Morgan fingerprint density at radius 1 is 1.30 bits per heavy atom. The third-order valence-electron chi connectivity index (χ3n) is 4.87. The first-order valence-corrected chi connectivity index (χ1v) is 9.14. The van der Waals surface area contributed by atoms with Crippen molar-refractivity contribution in [2.75, 3.05) is 38.8 Å². The number of hydrogen-bond donors (Lipinski definition) is 1. The molecule has 8 heteroatoms. The summed E-state index contributed by atoms with van der Waals surface area (Å²) < 4.78 is 15.7. The van der Waals surface area contributed by atoms with E-state index in [-0.39, 0.29) is 17.9 Å². The second-order valence-corrected chi connectivity index (χ2v) is 6.68. The Labute approximate surface area is 158 Å². The minimum absolute atomic E-state index is 0.00860. The fraction of sp³-hybridized carbons (Fsp3) is 0.526. The van der Waals surface area contributed by atoms with E-state index in [0.717, 1.165) is 24.2 Å². The van der Waals surface area contributed by atoms with Gasteiger partial charge in [0.25, 0.3) is 0 Å². The Morgan fingerprint density at radius 3 is 2.63 bits per heavy atom. The van der Waals surface area contributed by atoms with Crippen molar-refractivity contribution in [3.8, 4) is 17.1 Å². The lowest BCUT2D eigenvalue weighted by molar-refractivity contribution is -0.126. The topological polar surface area (TPSA) is 89.7 Å². The zero-order chi connectivity index (χ0) is 19.2. The molecule has 27 heavy (non-hydrogen) atoms. The summed E-state index contributed by atoms with van der Waals surface area (Å²) in [4.78, 5) is 18.8. The van der Waals surface area contributed by atoms with E-state index in [1.165, 1.54) is 0 Å². The number of aromatic nitrogens is 2. The van der Waals surface area contributed by atoms with E-state index in [0.29, 0.717) is 31.5 Å². The van der Waals surface area contributed by atoms with Crippen molar-refractivity contribution >= 4 is 11.9 Å². The minimum atomic E-state index is 0.00860. The largest absolute Gasteiger partial charge is 0.497 e. The summed E-state index contributed by atoms with van der Waals surface area (Å²) in [5.41, 5.74) is 0.868. The van der Waals surface area contributed by atoms with Crippen LogP contribution in [0, 0.1) is 5.92 Å². The zero-order valence-corrected chi connectivity index (χ0v) is 16.0. The number of carbonyl (C=O) groups excluding carboxylic acids is 1. The normalized spacial score (nSPS) is 16.2. The van der Waals surface area contributed by atoms with Crippen LogP contribution in [-0.2, 0) is 9.53 Å². The standard InChI is InChI=1S/C19H26N4O4/c1-13(25-2)12-20-18(24)15-8-10-23(11-9-15)19-21-17(22-27-19)14-4-6-16(26-3)7-5-14/h4-7,13,15H,8-12H2,1-3H3,(H,20,24)/t13-/m0/s1. The van der Waals surface area contributed by atoms with E-state index in [4.69, 9.17) is 14.0 Å². The van der Waals surface area contributed by atoms with Gasteiger partial charge in [-0.05, 0) is 44.0 Å². The molecule has 2 aromatic rings. The van der Waals surface area contributed by atoms with Crippen LogP contribution in [0.15, 0.2) is 28.8 Å². The Balaban J connectivity index is 1.54. The molecular weight excluding hydrogens is 348 g/mol. The molecule has 1 aliphatic heterocycles. The maximum atomic E-state index is 12.3. The van der Waals surface area contributed by atoms with Gasteiger partial charge in [-0.3, -0.25) is 4.79 Å². The molecule has 3 rings (SSSR count). The van der Waals surface area contributed by atoms with E-state index < -0.39 is 0 Å². The van der Waals surface area contributed by atoms with Crippen LogP contribution in [0.1, 0.15) is 19.8 Å². The molecule has 0 radical (unpaired) electrons. The Morgan fingerprint density at radius 2 is 2.00 bits per heavy atom. The molecule has 1 atom stereocenters. The van der Waals surface area contributed by atoms with Crippen LogP contribution in [0.2, 0.25) is 0 Å². The summed E-state index contributed by atoms with van der Waals surface area (Å²) in [7, 11) is 3.27. The van der Waals surface area contributed by atoms with Gasteiger partial charge in [0.2, 0.25) is 11.7 Å². The number of nitrogens with zero attached hydrogens (tertiary/aromatic N) is 3. The lowest BCUT2D eigenvalue weighted by atomic mass is 9.96. The fourth-order valence-electron chi connectivity index (χ4n) is 3.01. The smallest absolute Gasteiger partial charge is 0.324 e. The highest BCUT2D eigenvalue weighted by atomic mass is 16.5. The maximum Gasteiger partial charge on any atom is 0.324 e. The first kappa shape index (κ1) is 19.2. The number of hydrogen-bond acceptors (Lipinski definition) is 7. The summed E-state index contributed by atoms with van der Waals surface area (Å²) in [6, 6.07) is 8.00. The van der Waals surface area contributed by atoms with E-state index >= 15 is 0 Å². The summed E-state index contributed by atoms with van der Waals surface area (Å²) in [5, 5.41) is 7.02. The number of ether oxygens (including phenoxy) is 2. The number of carbonyl (C=O) groups is 1. The molecule has 1 amide bonds. The van der Waals surface area contributed by atoms with Crippen LogP contribution in [-0.4, -0.2) is 56.0 Å². The molecule has 0 saturated carbocycles. The third kappa shape index (κ3) is 4.77. The molecule has 2 heterocycles. The van der Waals surface area contributed by atoms with E-state index in [1.54, 1.807) is 14.2 Å². The molecule has 1 aromatic carbocycles. The van der Waals surface area contributed by atoms with Gasteiger partial charge < -0.3 is 24.2 Å². The first-order chi connectivity index (χ1) is 13.1. The lowest BCUT2D eigenvalue weighted by Crippen LogP contribution is -2.42. The molecule has 1 aliphatic rings. The molecule has 0 spiro atoms. The summed E-state index contributed by atoms with van der Waals surface area (Å²) in [6.07, 6.45) is 1.53. The summed E-state index contributed by atoms with van der Waals surface area (Å²) in [6.45, 7) is 3.88. The van der Waals surface area contributed by atoms with Crippen molar-refractivity contribution in [2.24, 2.45) is 5.92 Å². The van der Waals surface area contributed by atoms with E-state index in [9.17, 15) is 4.79 Å². The Bertz CT molecular complexity index is 738. The van der Waals surface area contributed by atoms with Crippen LogP contribution in [0.4, 0.5) is 6.01 Å². The van der Waals surface area contributed by atoms with Gasteiger partial charge in [-0.25, -0.2) is 0 Å². The third-order valence-corrected chi connectivity index (χ3v) is 4.87. The SMILES string of the molecule is COc1ccc(-c2noc(N3CCC(C(=O)NC[C@H](C)OC)CC3)n2)cc1. The molecule has 146 valence electrons. The molecule has 1 aromatic heterocycles. The summed E-state index contributed by atoms with van der Waals surface area (Å²) >= 11 is 0. The first-order valence-electron chi connectivity index (χ1n) is 9.14. The molecule has 1 saturated heterocycles. The number of nitrogens with one attached hydrogen (secondary N) is 1. The number of piperidine rings is 1. The Kier molecular flexibility index (Phi) is 6.28. The molecule has 0 aliphatic carbocycles. The maximum absolute atomic E-state index is 12.3. The Hall–Kier alpha value is -2.61. The van der Waals surface area contributed by atoms with Crippen LogP contribution in [0.5, 0.6) is 5.75 Å². The van der Waals surface area contributed by atoms with Crippen molar-refractivity contribution in [3.63, 3.8) is 0 Å². The van der Waals surface area contributed by atoms with Gasteiger partial charge in [0.15, 0.2) is 0 Å². The minimum Gasteiger partial charge on any atom is -0.497 e. The molecule has 0 bridgehead atoms. The highest BCUT2D eigenvalue weighted by molar-refractivity contribution is 5.79.